The number of hydrogen-bond acceptors (Lipinski definition) is 6. The highest BCUT2D eigenvalue weighted by Gasteiger charge is 2.20. The summed E-state index contributed by atoms with van der Waals surface area (Å²) < 4.78 is 9.94. The van der Waals surface area contributed by atoms with Crippen LogP contribution in [0.25, 0.3) is 0 Å². The van der Waals surface area contributed by atoms with Gasteiger partial charge in [-0.15, -0.1) is 0 Å². The van der Waals surface area contributed by atoms with Crippen molar-refractivity contribution in [3.8, 4) is 0 Å². The number of carbonyl (C=O) groups is 2. The second-order valence-corrected chi connectivity index (χ2v) is 5.11. The number of hydrogen-bond donors (Lipinski definition) is 2. The molecule has 1 rings (SSSR count). The maximum atomic E-state index is 11.1. The molecule has 0 unspecified atom stereocenters. The molecule has 0 spiro atoms. The Kier molecular flexibility index (Phi) is 7.07. The molecule has 7 heteroatoms. The first-order valence-electron chi connectivity index (χ1n) is 6.19. The lowest BCUT2D eigenvalue weighted by atomic mass is 10.1. The van der Waals surface area contributed by atoms with Gasteiger partial charge in [-0.3, -0.25) is 9.59 Å². The van der Waals surface area contributed by atoms with Crippen molar-refractivity contribution in [2.24, 2.45) is 0 Å². The standard InChI is InChI=1S/C11H21N3O3S/c1-3-17-11(16)8-12-18-14-6-4-10(5-7-14)13-9(2)15/h10,12H,3-8H2,1-2H3,(H,13,15). The van der Waals surface area contributed by atoms with Crippen LogP contribution in [0.15, 0.2) is 0 Å². The zero-order valence-corrected chi connectivity index (χ0v) is 11.7. The van der Waals surface area contributed by atoms with Gasteiger partial charge in [0.05, 0.1) is 6.61 Å². The number of rotatable bonds is 6. The van der Waals surface area contributed by atoms with Crippen LogP contribution in [-0.2, 0) is 14.3 Å². The molecule has 0 aromatic rings. The molecule has 1 amide bonds. The van der Waals surface area contributed by atoms with E-state index in [1.165, 1.54) is 12.1 Å². The fraction of sp³-hybridized carbons (Fsp3) is 0.818. The molecule has 1 saturated heterocycles. The molecule has 0 radical (unpaired) electrons. The molecular weight excluding hydrogens is 254 g/mol. The summed E-state index contributed by atoms with van der Waals surface area (Å²) in [5, 5.41) is 2.92. The van der Waals surface area contributed by atoms with E-state index in [0.29, 0.717) is 6.61 Å². The zero-order chi connectivity index (χ0) is 13.4. The third-order valence-electron chi connectivity index (χ3n) is 2.58. The summed E-state index contributed by atoms with van der Waals surface area (Å²) in [6, 6.07) is 0.282. The van der Waals surface area contributed by atoms with E-state index in [-0.39, 0.29) is 24.5 Å². The van der Waals surface area contributed by atoms with Gasteiger partial charge in [-0.2, -0.15) is 0 Å². The van der Waals surface area contributed by atoms with Gasteiger partial charge in [0.15, 0.2) is 0 Å². The second kappa shape index (κ2) is 8.34. The average molecular weight is 275 g/mol. The highest BCUT2D eigenvalue weighted by atomic mass is 32.2. The summed E-state index contributed by atoms with van der Waals surface area (Å²) in [4.78, 5) is 22.0. The SMILES string of the molecule is CCOC(=O)CNSN1CCC(NC(C)=O)CC1. The quantitative estimate of drug-likeness (QED) is 0.537. The van der Waals surface area contributed by atoms with E-state index in [9.17, 15) is 9.59 Å². The predicted molar refractivity (Wildman–Crippen MR) is 70.6 cm³/mol. The van der Waals surface area contributed by atoms with E-state index < -0.39 is 0 Å². The van der Waals surface area contributed by atoms with E-state index in [1.807, 2.05) is 0 Å². The van der Waals surface area contributed by atoms with Crippen molar-refractivity contribution in [3.05, 3.63) is 0 Å². The third kappa shape index (κ3) is 6.23. The van der Waals surface area contributed by atoms with E-state index in [1.54, 1.807) is 13.8 Å². The first-order chi connectivity index (χ1) is 8.61. The topological polar surface area (TPSA) is 70.7 Å². The molecule has 2 N–H and O–H groups in total. The van der Waals surface area contributed by atoms with Crippen molar-refractivity contribution < 1.29 is 14.3 Å². The summed E-state index contributed by atoms with van der Waals surface area (Å²) in [6.07, 6.45) is 1.88. The van der Waals surface area contributed by atoms with Gasteiger partial charge in [-0.1, -0.05) is 0 Å². The van der Waals surface area contributed by atoms with E-state index in [2.05, 4.69) is 14.3 Å². The Labute approximate surface area is 112 Å². The van der Waals surface area contributed by atoms with Crippen LogP contribution in [0.4, 0.5) is 0 Å². The summed E-state index contributed by atoms with van der Waals surface area (Å²) in [7, 11) is 0. The van der Waals surface area contributed by atoms with E-state index >= 15 is 0 Å². The molecule has 0 aliphatic carbocycles. The van der Waals surface area contributed by atoms with E-state index in [0.717, 1.165) is 25.9 Å². The highest BCUT2D eigenvalue weighted by Crippen LogP contribution is 2.16. The molecule has 1 aliphatic rings. The van der Waals surface area contributed by atoms with Crippen molar-refractivity contribution >= 4 is 24.0 Å². The number of nitrogens with one attached hydrogen (secondary N) is 2. The third-order valence-corrected chi connectivity index (χ3v) is 3.47. The second-order valence-electron chi connectivity index (χ2n) is 4.12. The molecule has 0 saturated carbocycles. The van der Waals surface area contributed by atoms with Gasteiger partial charge in [0.2, 0.25) is 5.91 Å². The first-order valence-corrected chi connectivity index (χ1v) is 6.96. The van der Waals surface area contributed by atoms with Crippen molar-refractivity contribution in [2.75, 3.05) is 26.2 Å². The van der Waals surface area contributed by atoms with Crippen molar-refractivity contribution in [3.63, 3.8) is 0 Å². The fourth-order valence-corrected chi connectivity index (χ4v) is 2.53. The molecule has 0 aromatic heterocycles. The Hall–Kier alpha value is -0.790. The van der Waals surface area contributed by atoms with Crippen LogP contribution in [0.5, 0.6) is 0 Å². The number of nitrogens with zero attached hydrogens (tertiary/aromatic N) is 1. The minimum atomic E-state index is -0.238. The number of ether oxygens (including phenoxy) is 1. The molecule has 1 heterocycles. The Morgan fingerprint density at radius 1 is 1.39 bits per heavy atom. The van der Waals surface area contributed by atoms with Crippen molar-refractivity contribution in [1.82, 2.24) is 14.3 Å². The maximum Gasteiger partial charge on any atom is 0.320 e. The Balaban J connectivity index is 2.08. The Bertz CT molecular complexity index is 281. The summed E-state index contributed by atoms with van der Waals surface area (Å²) in [5.74, 6) is -0.209. The number of piperidine rings is 1. The van der Waals surface area contributed by atoms with Crippen LogP contribution in [0, 0.1) is 0 Å². The van der Waals surface area contributed by atoms with Gasteiger partial charge in [0.1, 0.15) is 6.54 Å². The van der Waals surface area contributed by atoms with Crippen LogP contribution < -0.4 is 10.0 Å². The maximum absolute atomic E-state index is 11.1. The molecule has 1 aliphatic heterocycles. The lowest BCUT2D eigenvalue weighted by Crippen LogP contribution is -2.42. The van der Waals surface area contributed by atoms with Crippen LogP contribution >= 0.6 is 12.1 Å². The molecule has 104 valence electrons. The largest absolute Gasteiger partial charge is 0.465 e. The van der Waals surface area contributed by atoms with Gasteiger partial charge in [0, 0.05) is 38.2 Å². The van der Waals surface area contributed by atoms with Crippen LogP contribution in [0.1, 0.15) is 26.7 Å². The molecule has 6 nitrogen and oxygen atoms in total. The van der Waals surface area contributed by atoms with E-state index in [4.69, 9.17) is 4.74 Å². The highest BCUT2D eigenvalue weighted by molar-refractivity contribution is 7.95. The minimum Gasteiger partial charge on any atom is -0.465 e. The molecule has 0 atom stereocenters. The summed E-state index contributed by atoms with van der Waals surface area (Å²) in [5.41, 5.74) is 0. The van der Waals surface area contributed by atoms with Gasteiger partial charge in [-0.25, -0.2) is 9.03 Å². The Morgan fingerprint density at radius 2 is 2.06 bits per heavy atom. The molecule has 18 heavy (non-hydrogen) atoms. The van der Waals surface area contributed by atoms with Gasteiger partial charge >= 0.3 is 5.97 Å². The van der Waals surface area contributed by atoms with Crippen LogP contribution in [-0.4, -0.2) is 48.5 Å². The predicted octanol–water partition coefficient (Wildman–Crippen LogP) is 0.303. The molecule has 0 bridgehead atoms. The van der Waals surface area contributed by atoms with Gasteiger partial charge in [-0.05, 0) is 19.8 Å². The number of amides is 1. The monoisotopic (exact) mass is 275 g/mol. The van der Waals surface area contributed by atoms with Crippen LogP contribution in [0.2, 0.25) is 0 Å². The van der Waals surface area contributed by atoms with Gasteiger partial charge in [0.25, 0.3) is 0 Å². The smallest absolute Gasteiger partial charge is 0.320 e. The summed E-state index contributed by atoms with van der Waals surface area (Å²) >= 11 is 1.44. The molecule has 1 fully saturated rings. The van der Waals surface area contributed by atoms with Crippen molar-refractivity contribution in [1.29, 1.82) is 0 Å². The number of carbonyl (C=O) groups excluding carboxylic acids is 2. The normalized spacial score (nSPS) is 17.4. The summed E-state index contributed by atoms with van der Waals surface area (Å²) in [6.45, 7) is 5.74. The first kappa shape index (κ1) is 15.3. The minimum absolute atomic E-state index is 0.0292. The van der Waals surface area contributed by atoms with Gasteiger partial charge < -0.3 is 10.1 Å². The Morgan fingerprint density at radius 3 is 2.61 bits per heavy atom. The molecular formula is C11H21N3O3S. The van der Waals surface area contributed by atoms with Crippen molar-refractivity contribution in [2.45, 2.75) is 32.7 Å². The lowest BCUT2D eigenvalue weighted by Gasteiger charge is -2.30. The van der Waals surface area contributed by atoms with Crippen LogP contribution in [0.3, 0.4) is 0 Å². The fourth-order valence-electron chi connectivity index (χ4n) is 1.77. The lowest BCUT2D eigenvalue weighted by molar-refractivity contribution is -0.141. The zero-order valence-electron chi connectivity index (χ0n) is 10.9. The average Bonchev–Trinajstić information content (AvgIpc) is 2.31. The molecule has 0 aromatic carbocycles. The number of esters is 1.